The standard InChI is InChI=1S/C13H15Cl2NO3S/c14-11-3-1-9(7-12(11)15)2-4-13(17)16-10-5-6-20(18,19)8-10/h1,3,7,10H,2,4-6,8H2,(H,16,17)/t10-/m0/s1. The van der Waals surface area contributed by atoms with Gasteiger partial charge in [-0.2, -0.15) is 0 Å². The smallest absolute Gasteiger partial charge is 0.220 e. The molecule has 0 radical (unpaired) electrons. The molecular formula is C13H15Cl2NO3S. The van der Waals surface area contributed by atoms with Crippen LogP contribution in [0.15, 0.2) is 18.2 Å². The Labute approximate surface area is 128 Å². The first-order chi connectivity index (χ1) is 9.35. The number of halogens is 2. The van der Waals surface area contributed by atoms with Crippen LogP contribution in [-0.4, -0.2) is 31.9 Å². The van der Waals surface area contributed by atoms with E-state index in [1.807, 2.05) is 6.07 Å². The van der Waals surface area contributed by atoms with Crippen molar-refractivity contribution in [3.63, 3.8) is 0 Å². The van der Waals surface area contributed by atoms with Gasteiger partial charge in [0, 0.05) is 12.5 Å². The molecule has 0 bridgehead atoms. The predicted octanol–water partition coefficient (Wildman–Crippen LogP) is 2.23. The maximum absolute atomic E-state index is 11.8. The van der Waals surface area contributed by atoms with Crippen LogP contribution in [0.3, 0.4) is 0 Å². The largest absolute Gasteiger partial charge is 0.352 e. The van der Waals surface area contributed by atoms with Crippen LogP contribution >= 0.6 is 23.2 Å². The van der Waals surface area contributed by atoms with Crippen LogP contribution in [0.25, 0.3) is 0 Å². The summed E-state index contributed by atoms with van der Waals surface area (Å²) in [5.41, 5.74) is 0.925. The molecule has 1 aliphatic heterocycles. The average molecular weight is 336 g/mol. The molecule has 0 aromatic heterocycles. The van der Waals surface area contributed by atoms with E-state index in [2.05, 4.69) is 5.32 Å². The zero-order valence-electron chi connectivity index (χ0n) is 10.7. The normalized spacial score (nSPS) is 20.8. The molecule has 1 atom stereocenters. The van der Waals surface area contributed by atoms with E-state index >= 15 is 0 Å². The third kappa shape index (κ3) is 4.36. The minimum Gasteiger partial charge on any atom is -0.352 e. The molecular weight excluding hydrogens is 321 g/mol. The summed E-state index contributed by atoms with van der Waals surface area (Å²) in [6, 6.07) is 5.00. The number of carbonyl (C=O) groups excluding carboxylic acids is 1. The van der Waals surface area contributed by atoms with Gasteiger partial charge in [-0.1, -0.05) is 29.3 Å². The van der Waals surface area contributed by atoms with Crippen LogP contribution in [0.1, 0.15) is 18.4 Å². The van der Waals surface area contributed by atoms with Crippen LogP contribution in [0.2, 0.25) is 10.0 Å². The summed E-state index contributed by atoms with van der Waals surface area (Å²) in [6.45, 7) is 0. The van der Waals surface area contributed by atoms with E-state index in [4.69, 9.17) is 23.2 Å². The van der Waals surface area contributed by atoms with Gasteiger partial charge in [0.05, 0.1) is 21.6 Å². The molecule has 1 aromatic rings. The molecule has 1 fully saturated rings. The van der Waals surface area contributed by atoms with Gasteiger partial charge in [-0.15, -0.1) is 0 Å². The number of nitrogens with one attached hydrogen (secondary N) is 1. The van der Waals surface area contributed by atoms with Crippen LogP contribution < -0.4 is 5.32 Å². The van der Waals surface area contributed by atoms with Gasteiger partial charge in [-0.25, -0.2) is 8.42 Å². The van der Waals surface area contributed by atoms with E-state index in [0.717, 1.165) is 5.56 Å². The van der Waals surface area contributed by atoms with Crippen LogP contribution in [0.5, 0.6) is 0 Å². The Balaban J connectivity index is 1.82. The highest BCUT2D eigenvalue weighted by molar-refractivity contribution is 7.91. The number of amides is 1. The number of hydrogen-bond acceptors (Lipinski definition) is 3. The van der Waals surface area contributed by atoms with Gasteiger partial charge >= 0.3 is 0 Å². The first-order valence-electron chi connectivity index (χ1n) is 6.29. The van der Waals surface area contributed by atoms with E-state index in [9.17, 15) is 13.2 Å². The van der Waals surface area contributed by atoms with Crippen LogP contribution in [-0.2, 0) is 21.1 Å². The summed E-state index contributed by atoms with van der Waals surface area (Å²) in [4.78, 5) is 11.8. The zero-order chi connectivity index (χ0) is 14.8. The molecule has 0 spiro atoms. The molecule has 1 heterocycles. The Kier molecular flexibility index (Phi) is 4.94. The fourth-order valence-electron chi connectivity index (χ4n) is 2.16. The SMILES string of the molecule is O=C(CCc1ccc(Cl)c(Cl)c1)N[C@H]1CCS(=O)(=O)C1. The monoisotopic (exact) mass is 335 g/mol. The number of hydrogen-bond donors (Lipinski definition) is 1. The molecule has 110 valence electrons. The highest BCUT2D eigenvalue weighted by Crippen LogP contribution is 2.23. The van der Waals surface area contributed by atoms with Crippen molar-refractivity contribution in [2.45, 2.75) is 25.3 Å². The highest BCUT2D eigenvalue weighted by Gasteiger charge is 2.28. The van der Waals surface area contributed by atoms with Crippen LogP contribution in [0.4, 0.5) is 0 Å². The lowest BCUT2D eigenvalue weighted by atomic mass is 10.1. The summed E-state index contributed by atoms with van der Waals surface area (Å²) in [5, 5.41) is 3.70. The Morgan fingerprint density at radius 2 is 2.05 bits per heavy atom. The summed E-state index contributed by atoms with van der Waals surface area (Å²) in [6.07, 6.45) is 1.34. The molecule has 0 aliphatic carbocycles. The van der Waals surface area contributed by atoms with Gasteiger partial charge < -0.3 is 5.32 Å². The quantitative estimate of drug-likeness (QED) is 0.917. The van der Waals surface area contributed by atoms with Crippen molar-refractivity contribution in [2.75, 3.05) is 11.5 Å². The van der Waals surface area contributed by atoms with Gasteiger partial charge in [0.1, 0.15) is 0 Å². The maximum atomic E-state index is 11.8. The molecule has 4 nitrogen and oxygen atoms in total. The number of sulfone groups is 1. The average Bonchev–Trinajstić information content (AvgIpc) is 2.70. The zero-order valence-corrected chi connectivity index (χ0v) is 13.1. The Bertz CT molecular complexity index is 616. The molecule has 1 saturated heterocycles. The van der Waals surface area contributed by atoms with Gasteiger partial charge in [-0.3, -0.25) is 4.79 Å². The fourth-order valence-corrected chi connectivity index (χ4v) is 4.16. The minimum absolute atomic E-state index is 0.0471. The van der Waals surface area contributed by atoms with Gasteiger partial charge in [-0.05, 0) is 30.5 Å². The summed E-state index contributed by atoms with van der Waals surface area (Å²) < 4.78 is 22.6. The Morgan fingerprint density at radius 1 is 1.30 bits per heavy atom. The molecule has 1 N–H and O–H groups in total. The van der Waals surface area contributed by atoms with Crippen molar-refractivity contribution < 1.29 is 13.2 Å². The van der Waals surface area contributed by atoms with Crippen molar-refractivity contribution in [2.24, 2.45) is 0 Å². The minimum atomic E-state index is -2.97. The van der Waals surface area contributed by atoms with Gasteiger partial charge in [0.25, 0.3) is 0 Å². The van der Waals surface area contributed by atoms with Crippen molar-refractivity contribution >= 4 is 38.9 Å². The van der Waals surface area contributed by atoms with Crippen molar-refractivity contribution in [1.29, 1.82) is 0 Å². The number of rotatable bonds is 4. The number of benzene rings is 1. The number of aryl methyl sites for hydroxylation is 1. The summed E-state index contributed by atoms with van der Waals surface area (Å²) in [7, 11) is -2.97. The van der Waals surface area contributed by atoms with Crippen molar-refractivity contribution in [3.05, 3.63) is 33.8 Å². The van der Waals surface area contributed by atoms with E-state index in [1.165, 1.54) is 0 Å². The lowest BCUT2D eigenvalue weighted by Gasteiger charge is -2.10. The Hall–Kier alpha value is -0.780. The third-order valence-electron chi connectivity index (χ3n) is 3.22. The molecule has 1 aromatic carbocycles. The second-order valence-electron chi connectivity index (χ2n) is 4.92. The van der Waals surface area contributed by atoms with E-state index < -0.39 is 9.84 Å². The highest BCUT2D eigenvalue weighted by atomic mass is 35.5. The van der Waals surface area contributed by atoms with Crippen molar-refractivity contribution in [1.82, 2.24) is 5.32 Å². The molecule has 0 unspecified atom stereocenters. The first kappa shape index (κ1) is 15.6. The summed E-state index contributed by atoms with van der Waals surface area (Å²) >= 11 is 11.7. The molecule has 7 heteroatoms. The second-order valence-corrected chi connectivity index (χ2v) is 7.96. The first-order valence-corrected chi connectivity index (χ1v) is 8.87. The maximum Gasteiger partial charge on any atom is 0.220 e. The summed E-state index contributed by atoms with van der Waals surface area (Å²) in [5.74, 6) is 0.0640. The second kappa shape index (κ2) is 6.33. The topological polar surface area (TPSA) is 63.2 Å². The van der Waals surface area contributed by atoms with E-state index in [0.29, 0.717) is 29.3 Å². The van der Waals surface area contributed by atoms with E-state index in [1.54, 1.807) is 12.1 Å². The van der Waals surface area contributed by atoms with Gasteiger partial charge in [0.15, 0.2) is 9.84 Å². The lowest BCUT2D eigenvalue weighted by molar-refractivity contribution is -0.121. The molecule has 1 aliphatic rings. The Morgan fingerprint density at radius 3 is 2.65 bits per heavy atom. The number of carbonyl (C=O) groups is 1. The third-order valence-corrected chi connectivity index (χ3v) is 5.73. The molecule has 2 rings (SSSR count). The van der Waals surface area contributed by atoms with Gasteiger partial charge in [0.2, 0.25) is 5.91 Å². The lowest BCUT2D eigenvalue weighted by Crippen LogP contribution is -2.35. The van der Waals surface area contributed by atoms with E-state index in [-0.39, 0.29) is 23.5 Å². The molecule has 1 amide bonds. The predicted molar refractivity (Wildman–Crippen MR) is 80.0 cm³/mol. The molecule has 0 saturated carbocycles. The van der Waals surface area contributed by atoms with Crippen molar-refractivity contribution in [3.8, 4) is 0 Å². The fraction of sp³-hybridized carbons (Fsp3) is 0.462. The molecule has 20 heavy (non-hydrogen) atoms. The van der Waals surface area contributed by atoms with Crippen LogP contribution in [0, 0.1) is 0 Å².